The highest BCUT2D eigenvalue weighted by Crippen LogP contribution is 2.16. The molecule has 1 nitrogen and oxygen atoms in total. The standard InChI is InChI=1S/C20H25N/c1-2-8-18(9-3-1)10-6-7-15-21-16-13-19-11-4-5-12-20(19)14-17-21/h1-5,8-9,11-12H,6-7,10,13-17H2. The van der Waals surface area contributed by atoms with Gasteiger partial charge in [-0.1, -0.05) is 54.6 Å². The van der Waals surface area contributed by atoms with E-state index in [9.17, 15) is 0 Å². The number of aryl methyl sites for hydroxylation is 1. The molecule has 0 spiro atoms. The van der Waals surface area contributed by atoms with Crippen molar-refractivity contribution in [1.82, 2.24) is 4.90 Å². The van der Waals surface area contributed by atoms with Gasteiger partial charge in [-0.25, -0.2) is 0 Å². The lowest BCUT2D eigenvalue weighted by atomic mass is 10.0. The largest absolute Gasteiger partial charge is 0.303 e. The number of fused-ring (bicyclic) bond motifs is 1. The normalized spacial score (nSPS) is 15.4. The second-order valence-electron chi connectivity index (χ2n) is 6.05. The molecule has 0 unspecified atom stereocenters. The van der Waals surface area contributed by atoms with Crippen LogP contribution in [0.15, 0.2) is 54.6 Å². The fraction of sp³-hybridized carbons (Fsp3) is 0.400. The van der Waals surface area contributed by atoms with Crippen LogP contribution in [0.1, 0.15) is 29.5 Å². The van der Waals surface area contributed by atoms with Crippen molar-refractivity contribution in [3.8, 4) is 0 Å². The molecule has 21 heavy (non-hydrogen) atoms. The monoisotopic (exact) mass is 279 g/mol. The molecule has 0 fully saturated rings. The molecule has 1 heterocycles. The molecule has 1 heteroatoms. The smallest absolute Gasteiger partial charge is 0.00221 e. The van der Waals surface area contributed by atoms with Crippen molar-refractivity contribution in [2.75, 3.05) is 19.6 Å². The average Bonchev–Trinajstić information content (AvgIpc) is 2.75. The Morgan fingerprint density at radius 3 is 2.00 bits per heavy atom. The summed E-state index contributed by atoms with van der Waals surface area (Å²) in [4.78, 5) is 2.64. The molecule has 0 atom stereocenters. The average molecular weight is 279 g/mol. The summed E-state index contributed by atoms with van der Waals surface area (Å²) in [6.45, 7) is 3.70. The highest BCUT2D eigenvalue weighted by Gasteiger charge is 2.12. The molecule has 0 saturated carbocycles. The van der Waals surface area contributed by atoms with E-state index in [1.165, 1.54) is 57.3 Å². The molecular formula is C20H25N. The van der Waals surface area contributed by atoms with Crippen LogP contribution in [0.2, 0.25) is 0 Å². The predicted octanol–water partition coefficient (Wildman–Crippen LogP) is 4.11. The number of benzene rings is 2. The van der Waals surface area contributed by atoms with Crippen LogP contribution in [0.5, 0.6) is 0 Å². The molecule has 0 amide bonds. The lowest BCUT2D eigenvalue weighted by molar-refractivity contribution is 0.281. The Morgan fingerprint density at radius 2 is 1.33 bits per heavy atom. The fourth-order valence-corrected chi connectivity index (χ4v) is 3.25. The van der Waals surface area contributed by atoms with Crippen molar-refractivity contribution < 1.29 is 0 Å². The van der Waals surface area contributed by atoms with Gasteiger partial charge in [0, 0.05) is 13.1 Å². The van der Waals surface area contributed by atoms with E-state index < -0.39 is 0 Å². The minimum absolute atomic E-state index is 1.22. The van der Waals surface area contributed by atoms with Crippen LogP contribution in [0, 0.1) is 0 Å². The van der Waals surface area contributed by atoms with Gasteiger partial charge in [-0.05, 0) is 55.3 Å². The first kappa shape index (κ1) is 14.3. The zero-order valence-electron chi connectivity index (χ0n) is 12.8. The van der Waals surface area contributed by atoms with Gasteiger partial charge < -0.3 is 4.90 Å². The Hall–Kier alpha value is -1.60. The molecule has 0 radical (unpaired) electrons. The molecule has 0 saturated heterocycles. The molecule has 110 valence electrons. The summed E-state index contributed by atoms with van der Waals surface area (Å²) in [5.74, 6) is 0. The first-order chi connectivity index (χ1) is 10.4. The summed E-state index contributed by atoms with van der Waals surface area (Å²) in [6, 6.07) is 19.8. The van der Waals surface area contributed by atoms with E-state index in [-0.39, 0.29) is 0 Å². The molecule has 2 aromatic rings. The molecular weight excluding hydrogens is 254 g/mol. The summed E-state index contributed by atoms with van der Waals surface area (Å²) >= 11 is 0. The maximum atomic E-state index is 2.64. The third-order valence-electron chi connectivity index (χ3n) is 4.55. The number of hydrogen-bond donors (Lipinski definition) is 0. The van der Waals surface area contributed by atoms with Crippen LogP contribution in [0.25, 0.3) is 0 Å². The van der Waals surface area contributed by atoms with Crippen LogP contribution in [-0.4, -0.2) is 24.5 Å². The minimum Gasteiger partial charge on any atom is -0.303 e. The third kappa shape index (κ3) is 4.18. The van der Waals surface area contributed by atoms with Crippen molar-refractivity contribution in [1.29, 1.82) is 0 Å². The van der Waals surface area contributed by atoms with Gasteiger partial charge in [0.1, 0.15) is 0 Å². The van der Waals surface area contributed by atoms with Crippen LogP contribution in [0.4, 0.5) is 0 Å². The summed E-state index contributed by atoms with van der Waals surface area (Å²) < 4.78 is 0. The van der Waals surface area contributed by atoms with Crippen molar-refractivity contribution in [2.24, 2.45) is 0 Å². The van der Waals surface area contributed by atoms with E-state index in [4.69, 9.17) is 0 Å². The van der Waals surface area contributed by atoms with Gasteiger partial charge in [0.05, 0.1) is 0 Å². The molecule has 0 N–H and O–H groups in total. The highest BCUT2D eigenvalue weighted by atomic mass is 15.1. The highest BCUT2D eigenvalue weighted by molar-refractivity contribution is 5.28. The molecule has 0 aromatic heterocycles. The van der Waals surface area contributed by atoms with Gasteiger partial charge in [0.15, 0.2) is 0 Å². The second-order valence-corrected chi connectivity index (χ2v) is 6.05. The minimum atomic E-state index is 1.22. The first-order valence-corrected chi connectivity index (χ1v) is 8.25. The zero-order chi connectivity index (χ0) is 14.3. The van der Waals surface area contributed by atoms with Crippen molar-refractivity contribution >= 4 is 0 Å². The maximum absolute atomic E-state index is 2.64. The quantitative estimate of drug-likeness (QED) is 0.745. The Bertz CT molecular complexity index is 520. The summed E-state index contributed by atoms with van der Waals surface area (Å²) in [6.07, 6.45) is 6.26. The van der Waals surface area contributed by atoms with Crippen LogP contribution in [0.3, 0.4) is 0 Å². The second kappa shape index (κ2) is 7.42. The van der Waals surface area contributed by atoms with Gasteiger partial charge in [-0.2, -0.15) is 0 Å². The molecule has 2 aromatic carbocycles. The van der Waals surface area contributed by atoms with Crippen LogP contribution < -0.4 is 0 Å². The predicted molar refractivity (Wildman–Crippen MR) is 89.7 cm³/mol. The van der Waals surface area contributed by atoms with E-state index in [0.717, 1.165) is 0 Å². The number of unbranched alkanes of at least 4 members (excludes halogenated alkanes) is 1. The molecule has 0 aliphatic carbocycles. The summed E-state index contributed by atoms with van der Waals surface area (Å²) in [5, 5.41) is 0. The van der Waals surface area contributed by atoms with E-state index in [1.54, 1.807) is 11.1 Å². The third-order valence-corrected chi connectivity index (χ3v) is 4.55. The SMILES string of the molecule is c1ccc(CCCCN2CCc3ccccc3CC2)cc1. The Kier molecular flexibility index (Phi) is 5.07. The number of rotatable bonds is 5. The van der Waals surface area contributed by atoms with Gasteiger partial charge in [-0.3, -0.25) is 0 Å². The lowest BCUT2D eigenvalue weighted by Crippen LogP contribution is -2.27. The maximum Gasteiger partial charge on any atom is 0.00221 e. The van der Waals surface area contributed by atoms with E-state index in [2.05, 4.69) is 59.5 Å². The molecule has 3 rings (SSSR count). The topological polar surface area (TPSA) is 3.24 Å². The van der Waals surface area contributed by atoms with Gasteiger partial charge in [0.25, 0.3) is 0 Å². The lowest BCUT2D eigenvalue weighted by Gasteiger charge is -2.19. The van der Waals surface area contributed by atoms with Crippen molar-refractivity contribution in [2.45, 2.75) is 32.1 Å². The van der Waals surface area contributed by atoms with E-state index >= 15 is 0 Å². The van der Waals surface area contributed by atoms with Gasteiger partial charge in [-0.15, -0.1) is 0 Å². The van der Waals surface area contributed by atoms with Crippen LogP contribution >= 0.6 is 0 Å². The van der Waals surface area contributed by atoms with Crippen LogP contribution in [-0.2, 0) is 19.3 Å². The fourth-order valence-electron chi connectivity index (χ4n) is 3.25. The van der Waals surface area contributed by atoms with Gasteiger partial charge in [0.2, 0.25) is 0 Å². The Balaban J connectivity index is 1.41. The number of nitrogens with zero attached hydrogens (tertiary/aromatic N) is 1. The van der Waals surface area contributed by atoms with Gasteiger partial charge >= 0.3 is 0 Å². The first-order valence-electron chi connectivity index (χ1n) is 8.25. The summed E-state index contributed by atoms with van der Waals surface area (Å²) in [7, 11) is 0. The van der Waals surface area contributed by atoms with E-state index in [1.807, 2.05) is 0 Å². The number of hydrogen-bond acceptors (Lipinski definition) is 1. The Labute approximate surface area is 128 Å². The van der Waals surface area contributed by atoms with Crippen molar-refractivity contribution in [3.05, 3.63) is 71.3 Å². The Morgan fingerprint density at radius 1 is 0.714 bits per heavy atom. The molecule has 1 aliphatic heterocycles. The van der Waals surface area contributed by atoms with E-state index in [0.29, 0.717) is 0 Å². The molecule has 1 aliphatic rings. The van der Waals surface area contributed by atoms with Crippen molar-refractivity contribution in [3.63, 3.8) is 0 Å². The molecule has 0 bridgehead atoms. The summed E-state index contributed by atoms with van der Waals surface area (Å²) in [5.41, 5.74) is 4.59. The zero-order valence-corrected chi connectivity index (χ0v) is 12.8.